The molecule has 1 heterocycles. The molecule has 1 unspecified atom stereocenters. The van der Waals surface area contributed by atoms with Crippen molar-refractivity contribution < 1.29 is 0 Å². The Kier molecular flexibility index (Phi) is 6.32. The van der Waals surface area contributed by atoms with Gasteiger partial charge in [0.2, 0.25) is 0 Å². The van der Waals surface area contributed by atoms with Gasteiger partial charge in [-0.25, -0.2) is 0 Å². The van der Waals surface area contributed by atoms with Crippen molar-refractivity contribution in [3.8, 4) is 0 Å². The van der Waals surface area contributed by atoms with Crippen molar-refractivity contribution >= 4 is 0 Å². The number of nitrogens with zero attached hydrogens (tertiary/aromatic N) is 1. The van der Waals surface area contributed by atoms with Crippen LogP contribution < -0.4 is 5.32 Å². The molecule has 1 rings (SSSR count). The van der Waals surface area contributed by atoms with Gasteiger partial charge < -0.3 is 10.2 Å². The van der Waals surface area contributed by atoms with E-state index < -0.39 is 0 Å². The summed E-state index contributed by atoms with van der Waals surface area (Å²) in [5, 5.41) is 3.62. The van der Waals surface area contributed by atoms with Crippen molar-refractivity contribution in [3.05, 3.63) is 0 Å². The van der Waals surface area contributed by atoms with Gasteiger partial charge >= 0.3 is 0 Å². The molecule has 1 atom stereocenters. The molecule has 1 fully saturated rings. The largest absolute Gasteiger partial charge is 0.312 e. The zero-order valence-electron chi connectivity index (χ0n) is 14.2. The second kappa shape index (κ2) is 7.08. The van der Waals surface area contributed by atoms with Gasteiger partial charge in [-0.2, -0.15) is 0 Å². The first-order valence-corrected chi connectivity index (χ1v) is 8.27. The van der Waals surface area contributed by atoms with E-state index in [0.29, 0.717) is 5.41 Å². The van der Waals surface area contributed by atoms with Crippen LogP contribution in [0.3, 0.4) is 0 Å². The SMILES string of the molecule is CCC1(CC)CCN(CC(C)CNC(C)(C)C)CC1. The summed E-state index contributed by atoms with van der Waals surface area (Å²) in [6.07, 6.45) is 5.52. The molecule has 0 amide bonds. The van der Waals surface area contributed by atoms with E-state index in [1.807, 2.05) is 0 Å². The predicted octanol–water partition coefficient (Wildman–Crippen LogP) is 3.91. The van der Waals surface area contributed by atoms with Crippen LogP contribution in [0.4, 0.5) is 0 Å². The zero-order chi connectivity index (χ0) is 14.5. The van der Waals surface area contributed by atoms with Crippen molar-refractivity contribution in [2.24, 2.45) is 11.3 Å². The molecule has 114 valence electrons. The molecule has 0 bridgehead atoms. The minimum Gasteiger partial charge on any atom is -0.312 e. The molecule has 0 aromatic carbocycles. The Labute approximate surface area is 121 Å². The summed E-state index contributed by atoms with van der Waals surface area (Å²) in [6.45, 7) is 18.9. The number of piperidine rings is 1. The van der Waals surface area contributed by atoms with Gasteiger partial charge in [-0.3, -0.25) is 0 Å². The predicted molar refractivity (Wildman–Crippen MR) is 85.6 cm³/mol. The van der Waals surface area contributed by atoms with Crippen molar-refractivity contribution in [2.75, 3.05) is 26.2 Å². The standard InChI is InChI=1S/C17H36N2/c1-7-17(8-2)9-11-19(12-10-17)14-15(3)13-18-16(4,5)6/h15,18H,7-14H2,1-6H3. The van der Waals surface area contributed by atoms with Crippen molar-refractivity contribution in [1.82, 2.24) is 10.2 Å². The van der Waals surface area contributed by atoms with Gasteiger partial charge in [0.25, 0.3) is 0 Å². The Morgan fingerprint density at radius 1 is 1.11 bits per heavy atom. The number of likely N-dealkylation sites (tertiary alicyclic amines) is 1. The highest BCUT2D eigenvalue weighted by atomic mass is 15.1. The molecule has 0 spiro atoms. The lowest BCUT2D eigenvalue weighted by atomic mass is 9.74. The average Bonchev–Trinajstić information content (AvgIpc) is 2.37. The third-order valence-corrected chi connectivity index (χ3v) is 4.97. The number of hydrogen-bond donors (Lipinski definition) is 1. The number of nitrogens with one attached hydrogen (secondary N) is 1. The molecule has 1 saturated heterocycles. The van der Waals surface area contributed by atoms with E-state index >= 15 is 0 Å². The van der Waals surface area contributed by atoms with Crippen molar-refractivity contribution in [2.45, 2.75) is 72.8 Å². The molecule has 2 heteroatoms. The van der Waals surface area contributed by atoms with Gasteiger partial charge in [-0.15, -0.1) is 0 Å². The molecule has 0 aliphatic carbocycles. The molecule has 0 aromatic heterocycles. The Morgan fingerprint density at radius 2 is 1.63 bits per heavy atom. The van der Waals surface area contributed by atoms with Crippen LogP contribution in [0.2, 0.25) is 0 Å². The Hall–Kier alpha value is -0.0800. The Balaban J connectivity index is 2.29. The fourth-order valence-corrected chi connectivity index (χ4v) is 3.15. The van der Waals surface area contributed by atoms with Gasteiger partial charge in [0.1, 0.15) is 0 Å². The van der Waals surface area contributed by atoms with E-state index in [0.717, 1.165) is 12.5 Å². The fourth-order valence-electron chi connectivity index (χ4n) is 3.15. The van der Waals surface area contributed by atoms with E-state index in [-0.39, 0.29) is 5.54 Å². The fraction of sp³-hybridized carbons (Fsp3) is 1.00. The maximum Gasteiger partial charge on any atom is 0.00966 e. The number of rotatable bonds is 6. The topological polar surface area (TPSA) is 15.3 Å². The van der Waals surface area contributed by atoms with E-state index in [1.54, 1.807) is 0 Å². The second-order valence-corrected chi connectivity index (χ2v) is 7.74. The highest BCUT2D eigenvalue weighted by Crippen LogP contribution is 2.37. The first-order valence-electron chi connectivity index (χ1n) is 8.27. The summed E-state index contributed by atoms with van der Waals surface area (Å²) in [5.41, 5.74) is 0.902. The molecular formula is C17H36N2. The smallest absolute Gasteiger partial charge is 0.00966 e. The molecule has 19 heavy (non-hydrogen) atoms. The lowest BCUT2D eigenvalue weighted by molar-refractivity contribution is 0.0853. The van der Waals surface area contributed by atoms with Gasteiger partial charge in [-0.05, 0) is 64.6 Å². The lowest BCUT2D eigenvalue weighted by Gasteiger charge is -2.42. The van der Waals surface area contributed by atoms with Crippen LogP contribution in [0.25, 0.3) is 0 Å². The molecule has 1 aliphatic rings. The molecule has 0 radical (unpaired) electrons. The van der Waals surface area contributed by atoms with Crippen LogP contribution in [-0.2, 0) is 0 Å². The normalized spacial score (nSPS) is 22.4. The molecule has 1 N–H and O–H groups in total. The molecule has 0 saturated carbocycles. The molecular weight excluding hydrogens is 232 g/mol. The third kappa shape index (κ3) is 5.83. The first kappa shape index (κ1) is 17.0. The maximum atomic E-state index is 3.62. The Morgan fingerprint density at radius 3 is 2.05 bits per heavy atom. The van der Waals surface area contributed by atoms with E-state index in [1.165, 1.54) is 45.3 Å². The average molecular weight is 268 g/mol. The van der Waals surface area contributed by atoms with Gasteiger partial charge in [0.05, 0.1) is 0 Å². The summed E-state index contributed by atoms with van der Waals surface area (Å²) in [6, 6.07) is 0. The summed E-state index contributed by atoms with van der Waals surface area (Å²) < 4.78 is 0. The van der Waals surface area contributed by atoms with Crippen LogP contribution in [0.5, 0.6) is 0 Å². The van der Waals surface area contributed by atoms with E-state index in [9.17, 15) is 0 Å². The molecule has 2 nitrogen and oxygen atoms in total. The van der Waals surface area contributed by atoms with Crippen LogP contribution in [0, 0.1) is 11.3 Å². The Bertz CT molecular complexity index is 240. The van der Waals surface area contributed by atoms with Crippen molar-refractivity contribution in [1.29, 1.82) is 0 Å². The number of hydrogen-bond acceptors (Lipinski definition) is 2. The summed E-state index contributed by atoms with van der Waals surface area (Å²) >= 11 is 0. The van der Waals surface area contributed by atoms with Crippen LogP contribution in [0.15, 0.2) is 0 Å². The van der Waals surface area contributed by atoms with Crippen LogP contribution in [0.1, 0.15) is 67.2 Å². The third-order valence-electron chi connectivity index (χ3n) is 4.97. The monoisotopic (exact) mass is 268 g/mol. The highest BCUT2D eigenvalue weighted by molar-refractivity contribution is 4.84. The summed E-state index contributed by atoms with van der Waals surface area (Å²) in [5.74, 6) is 0.745. The minimum absolute atomic E-state index is 0.246. The van der Waals surface area contributed by atoms with E-state index in [2.05, 4.69) is 51.8 Å². The maximum absolute atomic E-state index is 3.62. The van der Waals surface area contributed by atoms with Gasteiger partial charge in [0.15, 0.2) is 0 Å². The van der Waals surface area contributed by atoms with Gasteiger partial charge in [-0.1, -0.05) is 33.6 Å². The molecule has 0 aromatic rings. The summed E-state index contributed by atoms with van der Waals surface area (Å²) in [4.78, 5) is 2.68. The summed E-state index contributed by atoms with van der Waals surface area (Å²) in [7, 11) is 0. The van der Waals surface area contributed by atoms with E-state index in [4.69, 9.17) is 0 Å². The quantitative estimate of drug-likeness (QED) is 0.785. The first-order chi connectivity index (χ1) is 8.80. The second-order valence-electron chi connectivity index (χ2n) is 7.74. The van der Waals surface area contributed by atoms with Crippen LogP contribution in [-0.4, -0.2) is 36.6 Å². The van der Waals surface area contributed by atoms with Crippen molar-refractivity contribution in [3.63, 3.8) is 0 Å². The highest BCUT2D eigenvalue weighted by Gasteiger charge is 2.31. The minimum atomic E-state index is 0.246. The molecule has 1 aliphatic heterocycles. The van der Waals surface area contributed by atoms with Crippen LogP contribution >= 0.6 is 0 Å². The lowest BCUT2D eigenvalue weighted by Crippen LogP contribution is -2.44. The van der Waals surface area contributed by atoms with Gasteiger partial charge in [0, 0.05) is 12.1 Å². The zero-order valence-corrected chi connectivity index (χ0v) is 14.2.